The van der Waals surface area contributed by atoms with Crippen molar-refractivity contribution in [1.29, 1.82) is 0 Å². The molecule has 4 rings (SSSR count). The summed E-state index contributed by atoms with van der Waals surface area (Å²) >= 11 is 0. The molecule has 3 aromatic carbocycles. The van der Waals surface area contributed by atoms with Crippen LogP contribution in [0.3, 0.4) is 0 Å². The monoisotopic (exact) mass is 386 g/mol. The van der Waals surface area contributed by atoms with E-state index >= 15 is 0 Å². The third-order valence-electron chi connectivity index (χ3n) is 5.08. The quantitative estimate of drug-likeness (QED) is 0.716. The van der Waals surface area contributed by atoms with Gasteiger partial charge in [0.15, 0.2) is 0 Å². The summed E-state index contributed by atoms with van der Waals surface area (Å²) < 4.78 is 5.13. The first kappa shape index (κ1) is 18.7. The zero-order chi connectivity index (χ0) is 20.2. The molecule has 2 amide bonds. The van der Waals surface area contributed by atoms with Crippen molar-refractivity contribution in [2.45, 2.75) is 12.8 Å². The Morgan fingerprint density at radius 1 is 0.931 bits per heavy atom. The summed E-state index contributed by atoms with van der Waals surface area (Å²) in [5.41, 5.74) is 3.84. The van der Waals surface area contributed by atoms with Crippen molar-refractivity contribution in [3.05, 3.63) is 89.5 Å². The van der Waals surface area contributed by atoms with Gasteiger partial charge in [0.25, 0.3) is 11.8 Å². The summed E-state index contributed by atoms with van der Waals surface area (Å²) in [7, 11) is 1.59. The van der Waals surface area contributed by atoms with Crippen LogP contribution in [0.1, 0.15) is 32.7 Å². The maximum absolute atomic E-state index is 13.0. The lowest BCUT2D eigenvalue weighted by Gasteiger charge is -2.30. The maximum atomic E-state index is 13.0. The SMILES string of the molecule is COc1ccc(C(=O)Nc2ccc3c(c2)N(C(=O)c2ccccc2)CCC3)cc1. The van der Waals surface area contributed by atoms with Gasteiger partial charge in [-0.1, -0.05) is 24.3 Å². The maximum Gasteiger partial charge on any atom is 0.258 e. The van der Waals surface area contributed by atoms with Crippen LogP contribution in [0.15, 0.2) is 72.8 Å². The Morgan fingerprint density at radius 2 is 1.69 bits per heavy atom. The van der Waals surface area contributed by atoms with E-state index in [0.717, 1.165) is 24.1 Å². The van der Waals surface area contributed by atoms with E-state index in [9.17, 15) is 9.59 Å². The van der Waals surface area contributed by atoms with Crippen LogP contribution in [-0.2, 0) is 6.42 Å². The molecular weight excluding hydrogens is 364 g/mol. The van der Waals surface area contributed by atoms with Crippen LogP contribution >= 0.6 is 0 Å². The van der Waals surface area contributed by atoms with Gasteiger partial charge in [0.05, 0.1) is 7.11 Å². The number of fused-ring (bicyclic) bond motifs is 1. The first-order valence-electron chi connectivity index (χ1n) is 9.61. The molecule has 3 aromatic rings. The number of carbonyl (C=O) groups excluding carboxylic acids is 2. The summed E-state index contributed by atoms with van der Waals surface area (Å²) in [6.45, 7) is 0.663. The lowest BCUT2D eigenvalue weighted by atomic mass is 10.00. The smallest absolute Gasteiger partial charge is 0.258 e. The van der Waals surface area contributed by atoms with E-state index in [2.05, 4.69) is 5.32 Å². The minimum Gasteiger partial charge on any atom is -0.497 e. The summed E-state index contributed by atoms with van der Waals surface area (Å²) in [6.07, 6.45) is 1.84. The molecule has 1 aliphatic rings. The number of nitrogens with one attached hydrogen (secondary N) is 1. The van der Waals surface area contributed by atoms with Gasteiger partial charge in [-0.05, 0) is 66.9 Å². The van der Waals surface area contributed by atoms with E-state index in [-0.39, 0.29) is 11.8 Å². The second-order valence-electron chi connectivity index (χ2n) is 6.95. The third-order valence-corrected chi connectivity index (χ3v) is 5.08. The first-order valence-corrected chi connectivity index (χ1v) is 9.61. The van der Waals surface area contributed by atoms with Crippen molar-refractivity contribution in [2.24, 2.45) is 0 Å². The minimum atomic E-state index is -0.204. The number of aryl methyl sites for hydroxylation is 1. The molecule has 0 spiro atoms. The summed E-state index contributed by atoms with van der Waals surface area (Å²) in [5.74, 6) is 0.472. The van der Waals surface area contributed by atoms with Gasteiger partial charge in [-0.15, -0.1) is 0 Å². The molecule has 5 nitrogen and oxygen atoms in total. The van der Waals surface area contributed by atoms with Crippen molar-refractivity contribution in [2.75, 3.05) is 23.9 Å². The van der Waals surface area contributed by atoms with Gasteiger partial charge in [-0.2, -0.15) is 0 Å². The molecule has 0 aliphatic carbocycles. The van der Waals surface area contributed by atoms with Gasteiger partial charge in [0, 0.05) is 29.0 Å². The Morgan fingerprint density at radius 3 is 2.41 bits per heavy atom. The fourth-order valence-electron chi connectivity index (χ4n) is 3.55. The Balaban J connectivity index is 1.58. The third kappa shape index (κ3) is 3.99. The highest BCUT2D eigenvalue weighted by Gasteiger charge is 2.24. The van der Waals surface area contributed by atoms with Gasteiger partial charge in [0.1, 0.15) is 5.75 Å². The highest BCUT2D eigenvalue weighted by Crippen LogP contribution is 2.31. The molecule has 0 aromatic heterocycles. The van der Waals surface area contributed by atoms with E-state index in [0.29, 0.717) is 29.1 Å². The van der Waals surface area contributed by atoms with E-state index in [4.69, 9.17) is 4.74 Å². The molecule has 29 heavy (non-hydrogen) atoms. The molecule has 0 bridgehead atoms. The molecule has 5 heteroatoms. The highest BCUT2D eigenvalue weighted by molar-refractivity contribution is 6.08. The average molecular weight is 386 g/mol. The minimum absolute atomic E-state index is 0.0230. The summed E-state index contributed by atoms with van der Waals surface area (Å²) in [5, 5.41) is 2.93. The highest BCUT2D eigenvalue weighted by atomic mass is 16.5. The zero-order valence-corrected chi connectivity index (χ0v) is 16.2. The van der Waals surface area contributed by atoms with Crippen LogP contribution in [0.25, 0.3) is 0 Å². The molecule has 0 radical (unpaired) electrons. The molecule has 1 heterocycles. The van der Waals surface area contributed by atoms with Gasteiger partial charge < -0.3 is 15.0 Å². The van der Waals surface area contributed by atoms with E-state index in [1.807, 2.05) is 48.5 Å². The molecule has 1 aliphatic heterocycles. The Labute approximate surface area is 169 Å². The number of anilines is 2. The predicted octanol–water partition coefficient (Wildman–Crippen LogP) is 4.54. The summed E-state index contributed by atoms with van der Waals surface area (Å²) in [6, 6.07) is 22.0. The molecule has 146 valence electrons. The van der Waals surface area contributed by atoms with E-state index in [1.54, 1.807) is 36.3 Å². The number of nitrogens with zero attached hydrogens (tertiary/aromatic N) is 1. The number of ether oxygens (including phenoxy) is 1. The molecule has 0 saturated heterocycles. The number of benzene rings is 3. The van der Waals surface area contributed by atoms with Crippen LogP contribution in [0.2, 0.25) is 0 Å². The van der Waals surface area contributed by atoms with Gasteiger partial charge in [-0.25, -0.2) is 0 Å². The molecular formula is C24H22N2O3. The van der Waals surface area contributed by atoms with Crippen LogP contribution in [-0.4, -0.2) is 25.5 Å². The molecule has 0 fully saturated rings. The van der Waals surface area contributed by atoms with Crippen LogP contribution in [0.5, 0.6) is 5.75 Å². The first-order chi connectivity index (χ1) is 14.2. The van der Waals surface area contributed by atoms with Crippen molar-refractivity contribution < 1.29 is 14.3 Å². The van der Waals surface area contributed by atoms with Gasteiger partial charge in [-0.3, -0.25) is 9.59 Å². The second kappa shape index (κ2) is 8.19. The number of hydrogen-bond acceptors (Lipinski definition) is 3. The van der Waals surface area contributed by atoms with Crippen molar-refractivity contribution in [1.82, 2.24) is 0 Å². The van der Waals surface area contributed by atoms with Crippen LogP contribution < -0.4 is 15.0 Å². The molecule has 0 atom stereocenters. The van der Waals surface area contributed by atoms with Gasteiger partial charge >= 0.3 is 0 Å². The number of amides is 2. The van der Waals surface area contributed by atoms with Crippen LogP contribution in [0.4, 0.5) is 11.4 Å². The average Bonchev–Trinajstić information content (AvgIpc) is 2.78. The second-order valence-corrected chi connectivity index (χ2v) is 6.95. The van der Waals surface area contributed by atoms with Crippen molar-refractivity contribution in [3.63, 3.8) is 0 Å². The number of methoxy groups -OCH3 is 1. The van der Waals surface area contributed by atoms with E-state index in [1.165, 1.54) is 0 Å². The molecule has 0 unspecified atom stereocenters. The normalized spacial score (nSPS) is 12.8. The largest absolute Gasteiger partial charge is 0.497 e. The standard InChI is InChI=1S/C24H22N2O3/c1-29-21-13-10-18(11-14-21)23(27)25-20-12-9-17-8-5-15-26(22(17)16-20)24(28)19-6-3-2-4-7-19/h2-4,6-7,9-14,16H,5,8,15H2,1H3,(H,25,27). The lowest BCUT2D eigenvalue weighted by Crippen LogP contribution is -2.35. The Hall–Kier alpha value is -3.60. The Kier molecular flexibility index (Phi) is 5.29. The number of rotatable bonds is 4. The topological polar surface area (TPSA) is 58.6 Å². The Bertz CT molecular complexity index is 1030. The fraction of sp³-hybridized carbons (Fsp3) is 0.167. The predicted molar refractivity (Wildman–Crippen MR) is 114 cm³/mol. The number of hydrogen-bond donors (Lipinski definition) is 1. The zero-order valence-electron chi connectivity index (χ0n) is 16.2. The fourth-order valence-corrected chi connectivity index (χ4v) is 3.55. The number of carbonyl (C=O) groups is 2. The molecule has 0 saturated carbocycles. The molecule has 1 N–H and O–H groups in total. The van der Waals surface area contributed by atoms with E-state index < -0.39 is 0 Å². The van der Waals surface area contributed by atoms with Crippen molar-refractivity contribution in [3.8, 4) is 5.75 Å². The lowest BCUT2D eigenvalue weighted by molar-refractivity contribution is 0.0984. The summed E-state index contributed by atoms with van der Waals surface area (Å²) in [4.78, 5) is 27.4. The van der Waals surface area contributed by atoms with Gasteiger partial charge in [0.2, 0.25) is 0 Å². The van der Waals surface area contributed by atoms with Crippen molar-refractivity contribution >= 4 is 23.2 Å². The van der Waals surface area contributed by atoms with Crippen LogP contribution in [0, 0.1) is 0 Å².